The smallest absolute Gasteiger partial charge is 0.153 e. The lowest BCUT2D eigenvalue weighted by molar-refractivity contribution is 0.0856. The van der Waals surface area contributed by atoms with Gasteiger partial charge in [-0.1, -0.05) is 0 Å². The van der Waals surface area contributed by atoms with Crippen LogP contribution in [0.1, 0.15) is 18.3 Å². The predicted molar refractivity (Wildman–Crippen MR) is 42.2 cm³/mol. The zero-order valence-corrected chi connectivity index (χ0v) is 6.73. The predicted octanol–water partition coefficient (Wildman–Crippen LogP) is -0.159. The van der Waals surface area contributed by atoms with Crippen LogP contribution in [-0.4, -0.2) is 28.3 Å². The Bertz CT molecular complexity index is 236. The Kier molecular flexibility index (Phi) is 2.05. The Hall–Kier alpha value is -0.940. The summed E-state index contributed by atoms with van der Waals surface area (Å²) in [5, 5.41) is 6.58. The van der Waals surface area contributed by atoms with Gasteiger partial charge in [0.25, 0.3) is 0 Å². The van der Waals surface area contributed by atoms with Gasteiger partial charge in [0.05, 0.1) is 0 Å². The van der Waals surface area contributed by atoms with E-state index in [1.54, 1.807) is 0 Å². The van der Waals surface area contributed by atoms with Crippen molar-refractivity contribution >= 4 is 0 Å². The van der Waals surface area contributed by atoms with Crippen LogP contribution >= 0.6 is 0 Å². The molecule has 3 N–H and O–H groups in total. The molecule has 2 heterocycles. The molecule has 66 valence electrons. The van der Waals surface area contributed by atoms with Gasteiger partial charge in [0.15, 0.2) is 5.82 Å². The molecule has 0 radical (unpaired) electrons. The normalized spacial score (nSPS) is 29.4. The maximum absolute atomic E-state index is 5.59. The van der Waals surface area contributed by atoms with E-state index in [2.05, 4.69) is 15.2 Å². The highest BCUT2D eigenvalue weighted by molar-refractivity contribution is 4.94. The summed E-state index contributed by atoms with van der Waals surface area (Å²) < 4.78 is 5.49. The first kappa shape index (κ1) is 7.70. The maximum atomic E-state index is 5.59. The first-order valence-electron chi connectivity index (χ1n) is 4.08. The second-order valence-electron chi connectivity index (χ2n) is 2.95. The number of nitrogens with zero attached hydrogens (tertiary/aromatic N) is 2. The summed E-state index contributed by atoms with van der Waals surface area (Å²) in [5.41, 5.74) is 5.59. The molecule has 2 atom stereocenters. The zero-order chi connectivity index (χ0) is 8.39. The molecule has 1 aromatic rings. The van der Waals surface area contributed by atoms with E-state index in [0.29, 0.717) is 12.5 Å². The van der Waals surface area contributed by atoms with E-state index in [-0.39, 0.29) is 6.10 Å². The van der Waals surface area contributed by atoms with Crippen LogP contribution in [0.2, 0.25) is 0 Å². The van der Waals surface area contributed by atoms with Crippen LogP contribution in [0.5, 0.6) is 0 Å². The fourth-order valence-corrected chi connectivity index (χ4v) is 1.53. The van der Waals surface area contributed by atoms with E-state index in [9.17, 15) is 0 Å². The number of nitrogens with one attached hydrogen (secondary N) is 1. The minimum Gasteiger partial charge on any atom is -0.370 e. The molecule has 1 saturated heterocycles. The molecule has 5 nitrogen and oxygen atoms in total. The number of H-pyrrole nitrogens is 1. The second kappa shape index (κ2) is 3.20. The molecule has 0 bridgehead atoms. The van der Waals surface area contributed by atoms with E-state index < -0.39 is 0 Å². The lowest BCUT2D eigenvalue weighted by Gasteiger charge is -2.12. The summed E-state index contributed by atoms with van der Waals surface area (Å²) in [6, 6.07) is 0. The third-order valence-corrected chi connectivity index (χ3v) is 2.22. The summed E-state index contributed by atoms with van der Waals surface area (Å²) in [4.78, 5) is 4.05. The van der Waals surface area contributed by atoms with E-state index in [1.807, 2.05) is 0 Å². The number of hydrogen-bond donors (Lipinski definition) is 2. The first-order valence-corrected chi connectivity index (χ1v) is 4.08. The molecule has 0 spiro atoms. The van der Waals surface area contributed by atoms with Gasteiger partial charge in [-0.25, -0.2) is 4.98 Å². The second-order valence-corrected chi connectivity index (χ2v) is 2.95. The van der Waals surface area contributed by atoms with E-state index in [1.165, 1.54) is 6.33 Å². The SMILES string of the molecule is NC[C@H]1CCO[C@H]1c1ncn[nH]1. The van der Waals surface area contributed by atoms with Crippen molar-refractivity contribution in [1.29, 1.82) is 0 Å². The van der Waals surface area contributed by atoms with E-state index in [0.717, 1.165) is 18.9 Å². The maximum Gasteiger partial charge on any atom is 0.153 e. The zero-order valence-electron chi connectivity index (χ0n) is 6.73. The average molecular weight is 168 g/mol. The van der Waals surface area contributed by atoms with Gasteiger partial charge < -0.3 is 10.5 Å². The van der Waals surface area contributed by atoms with Crippen molar-refractivity contribution in [2.45, 2.75) is 12.5 Å². The lowest BCUT2D eigenvalue weighted by Crippen LogP contribution is -2.18. The molecule has 0 saturated carbocycles. The molecular weight excluding hydrogens is 156 g/mol. The van der Waals surface area contributed by atoms with Gasteiger partial charge in [-0.3, -0.25) is 5.10 Å². The molecule has 0 unspecified atom stereocenters. The van der Waals surface area contributed by atoms with E-state index >= 15 is 0 Å². The fourth-order valence-electron chi connectivity index (χ4n) is 1.53. The minimum atomic E-state index is 0.0255. The number of ether oxygens (including phenoxy) is 1. The monoisotopic (exact) mass is 168 g/mol. The Morgan fingerprint density at radius 2 is 2.67 bits per heavy atom. The molecule has 12 heavy (non-hydrogen) atoms. The molecule has 1 aliphatic rings. The Morgan fingerprint density at radius 1 is 1.75 bits per heavy atom. The van der Waals surface area contributed by atoms with Crippen LogP contribution in [0, 0.1) is 5.92 Å². The molecular formula is C7H12N4O. The van der Waals surface area contributed by atoms with Crippen LogP contribution in [0.25, 0.3) is 0 Å². The third-order valence-electron chi connectivity index (χ3n) is 2.22. The van der Waals surface area contributed by atoms with Gasteiger partial charge in [0, 0.05) is 12.5 Å². The molecule has 0 aromatic carbocycles. The fraction of sp³-hybridized carbons (Fsp3) is 0.714. The summed E-state index contributed by atoms with van der Waals surface area (Å²) in [6.07, 6.45) is 2.53. The van der Waals surface area contributed by atoms with Crippen LogP contribution in [0.3, 0.4) is 0 Å². The Labute approximate surface area is 70.3 Å². The number of hydrogen-bond acceptors (Lipinski definition) is 4. The van der Waals surface area contributed by atoms with Gasteiger partial charge >= 0.3 is 0 Å². The molecule has 1 fully saturated rings. The molecule has 5 heteroatoms. The van der Waals surface area contributed by atoms with Crippen LogP contribution < -0.4 is 5.73 Å². The van der Waals surface area contributed by atoms with Crippen LogP contribution in [0.15, 0.2) is 6.33 Å². The Balaban J connectivity index is 2.13. The van der Waals surface area contributed by atoms with Gasteiger partial charge in [0.2, 0.25) is 0 Å². The van der Waals surface area contributed by atoms with Crippen LogP contribution in [0.4, 0.5) is 0 Å². The third kappa shape index (κ3) is 1.21. The molecule has 1 aliphatic heterocycles. The van der Waals surface area contributed by atoms with Crippen molar-refractivity contribution in [3.63, 3.8) is 0 Å². The van der Waals surface area contributed by atoms with Crippen molar-refractivity contribution in [1.82, 2.24) is 15.2 Å². The average Bonchev–Trinajstić information content (AvgIpc) is 2.74. The van der Waals surface area contributed by atoms with Gasteiger partial charge in [-0.05, 0) is 13.0 Å². The minimum absolute atomic E-state index is 0.0255. The Morgan fingerprint density at radius 3 is 3.33 bits per heavy atom. The van der Waals surface area contributed by atoms with Gasteiger partial charge in [-0.2, -0.15) is 5.10 Å². The standard InChI is InChI=1S/C7H12N4O/c8-3-5-1-2-12-6(5)7-9-4-10-11-7/h4-6H,1-3,8H2,(H,9,10,11)/t5-,6-/m1/s1. The highest BCUT2D eigenvalue weighted by Crippen LogP contribution is 2.31. The van der Waals surface area contributed by atoms with E-state index in [4.69, 9.17) is 10.5 Å². The summed E-state index contributed by atoms with van der Waals surface area (Å²) >= 11 is 0. The number of nitrogens with two attached hydrogens (primary N) is 1. The topological polar surface area (TPSA) is 76.8 Å². The van der Waals surface area contributed by atoms with Crippen molar-refractivity contribution < 1.29 is 4.74 Å². The highest BCUT2D eigenvalue weighted by Gasteiger charge is 2.30. The van der Waals surface area contributed by atoms with Gasteiger partial charge in [-0.15, -0.1) is 0 Å². The number of aromatic amines is 1. The van der Waals surface area contributed by atoms with Crippen LogP contribution in [-0.2, 0) is 4.74 Å². The first-order chi connectivity index (χ1) is 5.92. The quantitative estimate of drug-likeness (QED) is 0.643. The van der Waals surface area contributed by atoms with Crippen molar-refractivity contribution in [2.75, 3.05) is 13.2 Å². The van der Waals surface area contributed by atoms with Crippen molar-refractivity contribution in [2.24, 2.45) is 11.7 Å². The largest absolute Gasteiger partial charge is 0.370 e. The summed E-state index contributed by atoms with van der Waals surface area (Å²) in [7, 11) is 0. The number of aromatic nitrogens is 3. The highest BCUT2D eigenvalue weighted by atomic mass is 16.5. The van der Waals surface area contributed by atoms with Crippen molar-refractivity contribution in [3.8, 4) is 0 Å². The number of rotatable bonds is 2. The molecule has 2 rings (SSSR count). The van der Waals surface area contributed by atoms with Crippen molar-refractivity contribution in [3.05, 3.63) is 12.2 Å². The lowest BCUT2D eigenvalue weighted by atomic mass is 10.0. The van der Waals surface area contributed by atoms with Gasteiger partial charge in [0.1, 0.15) is 12.4 Å². The molecule has 0 amide bonds. The summed E-state index contributed by atoms with van der Waals surface area (Å²) in [6.45, 7) is 1.42. The molecule has 1 aromatic heterocycles. The summed E-state index contributed by atoms with van der Waals surface area (Å²) in [5.74, 6) is 1.18. The molecule has 0 aliphatic carbocycles.